The average Bonchev–Trinajstić information content (AvgIpc) is 2.67. The van der Waals surface area contributed by atoms with E-state index >= 15 is 0 Å². The summed E-state index contributed by atoms with van der Waals surface area (Å²) in [5, 5.41) is 4.35. The summed E-state index contributed by atoms with van der Waals surface area (Å²) >= 11 is 0. The van der Waals surface area contributed by atoms with E-state index in [1.807, 2.05) is 6.20 Å². The van der Waals surface area contributed by atoms with Gasteiger partial charge in [0.15, 0.2) is 0 Å². The zero-order valence-corrected chi connectivity index (χ0v) is 8.69. The number of likely N-dealkylation sites (tertiary alicyclic amines) is 1. The van der Waals surface area contributed by atoms with Crippen molar-refractivity contribution in [2.24, 2.45) is 5.73 Å². The van der Waals surface area contributed by atoms with E-state index in [9.17, 15) is 0 Å². The van der Waals surface area contributed by atoms with Gasteiger partial charge < -0.3 is 10.6 Å². The predicted octanol–water partition coefficient (Wildman–Crippen LogP) is 0.608. The van der Waals surface area contributed by atoms with Crippen LogP contribution >= 0.6 is 0 Å². The number of hydrogen-bond donors (Lipinski definition) is 1. The van der Waals surface area contributed by atoms with Crippen LogP contribution in [0.15, 0.2) is 12.4 Å². The Hall–Kier alpha value is -0.870. The van der Waals surface area contributed by atoms with Crippen molar-refractivity contribution in [1.82, 2.24) is 14.7 Å². The lowest BCUT2D eigenvalue weighted by molar-refractivity contribution is 0.212. The monoisotopic (exact) mass is 194 g/mol. The number of aromatic nitrogens is 2. The van der Waals surface area contributed by atoms with Gasteiger partial charge in [0.05, 0.1) is 12.2 Å². The summed E-state index contributed by atoms with van der Waals surface area (Å²) in [6, 6.07) is 0.575. The smallest absolute Gasteiger partial charge is 0.0543 e. The van der Waals surface area contributed by atoms with Crippen molar-refractivity contribution in [3.8, 4) is 0 Å². The van der Waals surface area contributed by atoms with Gasteiger partial charge in [-0.1, -0.05) is 0 Å². The summed E-state index contributed by atoms with van der Waals surface area (Å²) in [4.78, 5) is 2.36. The van der Waals surface area contributed by atoms with Crippen LogP contribution < -0.4 is 5.73 Å². The molecular weight excluding hydrogens is 176 g/mol. The summed E-state index contributed by atoms with van der Waals surface area (Å²) in [6.45, 7) is 2.93. The highest BCUT2D eigenvalue weighted by Crippen LogP contribution is 2.20. The third-order valence-electron chi connectivity index (χ3n) is 2.95. The van der Waals surface area contributed by atoms with Crippen molar-refractivity contribution in [1.29, 1.82) is 0 Å². The molecule has 4 heteroatoms. The standard InChI is InChI=1S/C10H18N4/c1-13-4-2-10(3-5-13)14-8-9(6-11)7-12-14/h7-8,10H,2-6,11H2,1H3. The molecule has 1 saturated heterocycles. The van der Waals surface area contributed by atoms with Crippen LogP contribution in [0.4, 0.5) is 0 Å². The van der Waals surface area contributed by atoms with E-state index in [0.717, 1.165) is 5.56 Å². The van der Waals surface area contributed by atoms with Crippen LogP contribution in [0.5, 0.6) is 0 Å². The fourth-order valence-corrected chi connectivity index (χ4v) is 1.94. The van der Waals surface area contributed by atoms with Gasteiger partial charge in [0.1, 0.15) is 0 Å². The van der Waals surface area contributed by atoms with Crippen molar-refractivity contribution in [2.75, 3.05) is 20.1 Å². The normalized spacial score (nSPS) is 20.1. The first kappa shape index (κ1) is 9.68. The molecule has 0 radical (unpaired) electrons. The number of nitrogens with zero attached hydrogens (tertiary/aromatic N) is 3. The van der Waals surface area contributed by atoms with Crippen LogP contribution in [-0.2, 0) is 6.54 Å². The number of rotatable bonds is 2. The molecule has 0 aliphatic carbocycles. The first-order chi connectivity index (χ1) is 6.79. The molecule has 2 N–H and O–H groups in total. The molecule has 0 aromatic carbocycles. The molecule has 0 bridgehead atoms. The highest BCUT2D eigenvalue weighted by molar-refractivity contribution is 5.03. The Balaban J connectivity index is 2.01. The maximum absolute atomic E-state index is 5.55. The molecule has 2 heterocycles. The highest BCUT2D eigenvalue weighted by Gasteiger charge is 2.18. The third kappa shape index (κ3) is 1.96. The van der Waals surface area contributed by atoms with Gasteiger partial charge in [-0.3, -0.25) is 4.68 Å². The molecule has 0 saturated carbocycles. The quantitative estimate of drug-likeness (QED) is 0.750. The Morgan fingerprint density at radius 3 is 2.79 bits per heavy atom. The first-order valence-electron chi connectivity index (χ1n) is 5.21. The molecule has 78 valence electrons. The van der Waals surface area contributed by atoms with Crippen molar-refractivity contribution in [2.45, 2.75) is 25.4 Å². The van der Waals surface area contributed by atoms with Gasteiger partial charge in [-0.2, -0.15) is 5.10 Å². The van der Waals surface area contributed by atoms with Gasteiger partial charge in [-0.25, -0.2) is 0 Å². The van der Waals surface area contributed by atoms with E-state index in [0.29, 0.717) is 12.6 Å². The van der Waals surface area contributed by atoms with Gasteiger partial charge in [-0.15, -0.1) is 0 Å². The Kier molecular flexibility index (Phi) is 2.84. The average molecular weight is 194 g/mol. The molecule has 0 amide bonds. The summed E-state index contributed by atoms with van der Waals surface area (Å²) in [6.07, 6.45) is 6.35. The number of hydrogen-bond acceptors (Lipinski definition) is 3. The molecule has 1 aliphatic heterocycles. The van der Waals surface area contributed by atoms with E-state index in [-0.39, 0.29) is 0 Å². The van der Waals surface area contributed by atoms with Crippen molar-refractivity contribution in [3.05, 3.63) is 18.0 Å². The fraction of sp³-hybridized carbons (Fsp3) is 0.700. The van der Waals surface area contributed by atoms with Crippen LogP contribution in [-0.4, -0.2) is 34.8 Å². The van der Waals surface area contributed by atoms with Gasteiger partial charge in [-0.05, 0) is 33.0 Å². The lowest BCUT2D eigenvalue weighted by atomic mass is 10.1. The minimum absolute atomic E-state index is 0.575. The van der Waals surface area contributed by atoms with E-state index < -0.39 is 0 Å². The SMILES string of the molecule is CN1CCC(n2cc(CN)cn2)CC1. The molecule has 14 heavy (non-hydrogen) atoms. The summed E-state index contributed by atoms with van der Waals surface area (Å²) in [5.74, 6) is 0. The topological polar surface area (TPSA) is 47.1 Å². The van der Waals surface area contributed by atoms with Crippen LogP contribution in [0.3, 0.4) is 0 Å². The van der Waals surface area contributed by atoms with E-state index in [1.54, 1.807) is 0 Å². The summed E-state index contributed by atoms with van der Waals surface area (Å²) in [7, 11) is 2.17. The van der Waals surface area contributed by atoms with Crippen LogP contribution in [0.1, 0.15) is 24.4 Å². The zero-order chi connectivity index (χ0) is 9.97. The van der Waals surface area contributed by atoms with E-state index in [1.165, 1.54) is 25.9 Å². The molecule has 0 unspecified atom stereocenters. The third-order valence-corrected chi connectivity index (χ3v) is 2.95. The van der Waals surface area contributed by atoms with Crippen molar-refractivity contribution in [3.63, 3.8) is 0 Å². The second-order valence-electron chi connectivity index (χ2n) is 4.07. The molecule has 1 fully saturated rings. The van der Waals surface area contributed by atoms with Crippen LogP contribution in [0.25, 0.3) is 0 Å². The molecule has 0 spiro atoms. The largest absolute Gasteiger partial charge is 0.326 e. The van der Waals surface area contributed by atoms with Gasteiger partial charge in [0, 0.05) is 18.3 Å². The first-order valence-corrected chi connectivity index (χ1v) is 5.21. The Labute approximate surface area is 84.7 Å². The van der Waals surface area contributed by atoms with E-state index in [4.69, 9.17) is 5.73 Å². The second-order valence-corrected chi connectivity index (χ2v) is 4.07. The molecular formula is C10H18N4. The summed E-state index contributed by atoms with van der Waals surface area (Å²) in [5.41, 5.74) is 6.68. The van der Waals surface area contributed by atoms with Gasteiger partial charge >= 0.3 is 0 Å². The number of piperidine rings is 1. The summed E-state index contributed by atoms with van der Waals surface area (Å²) < 4.78 is 2.08. The maximum atomic E-state index is 5.55. The highest BCUT2D eigenvalue weighted by atomic mass is 15.3. The Bertz CT molecular complexity index is 286. The molecule has 1 aromatic heterocycles. The fourth-order valence-electron chi connectivity index (χ4n) is 1.94. The van der Waals surface area contributed by atoms with Crippen molar-refractivity contribution < 1.29 is 0 Å². The minimum Gasteiger partial charge on any atom is -0.326 e. The maximum Gasteiger partial charge on any atom is 0.0543 e. The van der Waals surface area contributed by atoms with Gasteiger partial charge in [0.2, 0.25) is 0 Å². The van der Waals surface area contributed by atoms with Crippen LogP contribution in [0, 0.1) is 0 Å². The molecule has 2 rings (SSSR count). The molecule has 1 aromatic rings. The molecule has 4 nitrogen and oxygen atoms in total. The zero-order valence-electron chi connectivity index (χ0n) is 8.69. The van der Waals surface area contributed by atoms with Crippen LogP contribution in [0.2, 0.25) is 0 Å². The van der Waals surface area contributed by atoms with Crippen molar-refractivity contribution >= 4 is 0 Å². The second kappa shape index (κ2) is 4.11. The lowest BCUT2D eigenvalue weighted by Crippen LogP contribution is -2.31. The Morgan fingerprint density at radius 2 is 2.21 bits per heavy atom. The predicted molar refractivity (Wildman–Crippen MR) is 55.9 cm³/mol. The van der Waals surface area contributed by atoms with Gasteiger partial charge in [0.25, 0.3) is 0 Å². The lowest BCUT2D eigenvalue weighted by Gasteiger charge is -2.28. The number of nitrogens with two attached hydrogens (primary N) is 1. The molecule has 0 atom stereocenters. The minimum atomic E-state index is 0.575. The molecule has 1 aliphatic rings. The van der Waals surface area contributed by atoms with E-state index in [2.05, 4.69) is 27.9 Å². The Morgan fingerprint density at radius 1 is 1.50 bits per heavy atom.